The third-order valence-electron chi connectivity index (χ3n) is 5.04. The Morgan fingerprint density at radius 3 is 2.64 bits per heavy atom. The van der Waals surface area contributed by atoms with E-state index >= 15 is 0 Å². The summed E-state index contributed by atoms with van der Waals surface area (Å²) < 4.78 is 37.5. The van der Waals surface area contributed by atoms with Crippen molar-refractivity contribution in [2.24, 2.45) is 0 Å². The van der Waals surface area contributed by atoms with E-state index in [4.69, 9.17) is 0 Å². The number of nitrogens with one attached hydrogen (secondary N) is 2. The molecule has 0 atom stereocenters. The minimum atomic E-state index is -3.27. The van der Waals surface area contributed by atoms with Crippen LogP contribution in [0.4, 0.5) is 15.9 Å². The summed E-state index contributed by atoms with van der Waals surface area (Å²) in [4.78, 5) is 9.02. The lowest BCUT2D eigenvalue weighted by Crippen LogP contribution is -1.98. The first kappa shape index (κ1) is 20.6. The molecule has 0 saturated heterocycles. The van der Waals surface area contributed by atoms with E-state index in [0.29, 0.717) is 33.8 Å². The van der Waals surface area contributed by atoms with E-state index in [1.54, 1.807) is 36.7 Å². The molecule has 162 valence electrons. The molecule has 2 N–H and O–H groups in total. The summed E-state index contributed by atoms with van der Waals surface area (Å²) in [6, 6.07) is 14.7. The van der Waals surface area contributed by atoms with E-state index in [-0.39, 0.29) is 4.90 Å². The van der Waals surface area contributed by atoms with Crippen LogP contribution in [0, 0.1) is 17.7 Å². The summed E-state index contributed by atoms with van der Waals surface area (Å²) in [6.45, 7) is 0. The third kappa shape index (κ3) is 4.12. The van der Waals surface area contributed by atoms with Gasteiger partial charge in [0.05, 0.1) is 15.8 Å². The average Bonchev–Trinajstić information content (AvgIpc) is 3.22. The quantitative estimate of drug-likeness (QED) is 0.394. The molecule has 33 heavy (non-hydrogen) atoms. The number of fused-ring (bicyclic) bond motifs is 2. The van der Waals surface area contributed by atoms with Gasteiger partial charge in [-0.25, -0.2) is 22.8 Å². The van der Waals surface area contributed by atoms with Gasteiger partial charge in [0.1, 0.15) is 23.0 Å². The lowest BCUT2D eigenvalue weighted by Gasteiger charge is -2.08. The molecule has 0 aliphatic carbocycles. The first-order valence-corrected chi connectivity index (χ1v) is 11.7. The molecule has 0 radical (unpaired) electrons. The van der Waals surface area contributed by atoms with E-state index in [9.17, 15) is 12.8 Å². The molecule has 0 unspecified atom stereocenters. The first-order valence-electron chi connectivity index (χ1n) is 9.85. The van der Waals surface area contributed by atoms with Gasteiger partial charge in [-0.2, -0.15) is 5.10 Å². The topological polar surface area (TPSA) is 101 Å². The van der Waals surface area contributed by atoms with Gasteiger partial charge in [0.2, 0.25) is 0 Å². The maximum atomic E-state index is 14.2. The molecule has 0 spiro atoms. The highest BCUT2D eigenvalue weighted by Gasteiger charge is 2.09. The van der Waals surface area contributed by atoms with Crippen LogP contribution in [0.5, 0.6) is 0 Å². The fourth-order valence-corrected chi connectivity index (χ4v) is 4.03. The molecule has 0 bridgehead atoms. The molecular weight excluding hydrogens is 441 g/mol. The van der Waals surface area contributed by atoms with Crippen molar-refractivity contribution in [1.82, 2.24) is 20.2 Å². The Morgan fingerprint density at radius 1 is 1.03 bits per heavy atom. The smallest absolute Gasteiger partial charge is 0.175 e. The van der Waals surface area contributed by atoms with Crippen LogP contribution in [-0.2, 0) is 9.84 Å². The van der Waals surface area contributed by atoms with Gasteiger partial charge < -0.3 is 5.32 Å². The second-order valence-electron chi connectivity index (χ2n) is 7.35. The molecule has 7 nitrogen and oxygen atoms in total. The number of nitrogens with zero attached hydrogens (tertiary/aromatic N) is 3. The molecule has 0 fully saturated rings. The van der Waals surface area contributed by atoms with Crippen molar-refractivity contribution in [3.63, 3.8) is 0 Å². The zero-order chi connectivity index (χ0) is 23.0. The number of anilines is 2. The Hall–Kier alpha value is -4.29. The number of H-pyrrole nitrogens is 1. The maximum Gasteiger partial charge on any atom is 0.175 e. The van der Waals surface area contributed by atoms with E-state index < -0.39 is 15.7 Å². The minimum Gasteiger partial charge on any atom is -0.340 e. The lowest BCUT2D eigenvalue weighted by molar-refractivity contribution is 0.602. The van der Waals surface area contributed by atoms with Crippen LogP contribution in [0.1, 0.15) is 11.4 Å². The predicted molar refractivity (Wildman–Crippen MR) is 124 cm³/mol. The van der Waals surface area contributed by atoms with Crippen LogP contribution in [0.25, 0.3) is 21.7 Å². The number of rotatable bonds is 3. The fourth-order valence-electron chi connectivity index (χ4n) is 3.40. The largest absolute Gasteiger partial charge is 0.340 e. The lowest BCUT2D eigenvalue weighted by atomic mass is 10.1. The number of benzene rings is 2. The summed E-state index contributed by atoms with van der Waals surface area (Å²) in [6.07, 6.45) is 4.49. The molecule has 0 amide bonds. The molecule has 5 rings (SSSR count). The van der Waals surface area contributed by atoms with Crippen molar-refractivity contribution in [3.05, 3.63) is 84.2 Å². The molecule has 3 heterocycles. The van der Waals surface area contributed by atoms with Gasteiger partial charge in [0.25, 0.3) is 0 Å². The predicted octanol–water partition coefficient (Wildman–Crippen LogP) is 4.19. The summed E-state index contributed by atoms with van der Waals surface area (Å²) in [5, 5.41) is 12.0. The van der Waals surface area contributed by atoms with E-state index in [1.165, 1.54) is 18.2 Å². The van der Waals surface area contributed by atoms with Crippen LogP contribution in [0.2, 0.25) is 0 Å². The SMILES string of the molecule is CS(=O)(=O)c1ccc(Nc2cc3c(C#Cc4[nH]nc5cccc(F)c45)nccc3cn2)cc1. The number of halogens is 1. The summed E-state index contributed by atoms with van der Waals surface area (Å²) in [5.74, 6) is 6.09. The van der Waals surface area contributed by atoms with Gasteiger partial charge in [-0.3, -0.25) is 5.10 Å². The highest BCUT2D eigenvalue weighted by Crippen LogP contribution is 2.23. The van der Waals surface area contributed by atoms with Gasteiger partial charge in [0.15, 0.2) is 9.84 Å². The van der Waals surface area contributed by atoms with Crippen molar-refractivity contribution in [2.45, 2.75) is 4.90 Å². The Balaban J connectivity index is 1.50. The van der Waals surface area contributed by atoms with Gasteiger partial charge in [0, 0.05) is 35.1 Å². The monoisotopic (exact) mass is 457 g/mol. The molecule has 0 saturated carbocycles. The number of pyridine rings is 2. The van der Waals surface area contributed by atoms with Gasteiger partial charge >= 0.3 is 0 Å². The summed E-state index contributed by atoms with van der Waals surface area (Å²) in [5.41, 5.74) is 2.07. The molecule has 0 aliphatic rings. The molecule has 5 aromatic rings. The van der Waals surface area contributed by atoms with Crippen LogP contribution in [-0.4, -0.2) is 34.8 Å². The Bertz CT molecular complexity index is 1680. The second kappa shape index (κ2) is 8.00. The van der Waals surface area contributed by atoms with E-state index in [1.807, 2.05) is 12.1 Å². The second-order valence-corrected chi connectivity index (χ2v) is 9.37. The molecule has 3 aromatic heterocycles. The van der Waals surface area contributed by atoms with Crippen LogP contribution in [0.3, 0.4) is 0 Å². The summed E-state index contributed by atoms with van der Waals surface area (Å²) >= 11 is 0. The van der Waals surface area contributed by atoms with Crippen molar-refractivity contribution < 1.29 is 12.8 Å². The normalized spacial score (nSPS) is 11.3. The standard InChI is InChI=1S/C24H16FN5O2S/c1-33(31,32)17-7-5-16(6-8-17)28-23-13-18-15(14-27-23)11-12-26-20(18)9-10-22-24-19(25)3-2-4-21(24)29-30-22/h2-8,11-14H,1H3,(H,27,28)(H,29,30). The molecule has 0 aliphatic heterocycles. The maximum absolute atomic E-state index is 14.2. The number of aromatic nitrogens is 4. The Labute approximate surface area is 188 Å². The van der Waals surface area contributed by atoms with Gasteiger partial charge in [-0.1, -0.05) is 6.07 Å². The third-order valence-corrected chi connectivity index (χ3v) is 6.17. The number of hydrogen-bond donors (Lipinski definition) is 2. The van der Waals surface area contributed by atoms with E-state index in [0.717, 1.165) is 17.0 Å². The van der Waals surface area contributed by atoms with Crippen molar-refractivity contribution in [1.29, 1.82) is 0 Å². The van der Waals surface area contributed by atoms with Crippen molar-refractivity contribution >= 4 is 43.0 Å². The van der Waals surface area contributed by atoms with Crippen molar-refractivity contribution in [3.8, 4) is 11.8 Å². The minimum absolute atomic E-state index is 0.240. The Kier molecular flexibility index (Phi) is 4.99. The van der Waals surface area contributed by atoms with Gasteiger partial charge in [-0.15, -0.1) is 0 Å². The summed E-state index contributed by atoms with van der Waals surface area (Å²) in [7, 11) is -3.27. The van der Waals surface area contributed by atoms with Crippen molar-refractivity contribution in [2.75, 3.05) is 11.6 Å². The molecule has 9 heteroatoms. The molecule has 2 aromatic carbocycles. The average molecular weight is 457 g/mol. The zero-order valence-electron chi connectivity index (χ0n) is 17.3. The Morgan fingerprint density at radius 2 is 1.85 bits per heavy atom. The van der Waals surface area contributed by atoms with Gasteiger partial charge in [-0.05, 0) is 60.4 Å². The first-order chi connectivity index (χ1) is 15.9. The highest BCUT2D eigenvalue weighted by molar-refractivity contribution is 7.90. The van der Waals surface area contributed by atoms with Crippen LogP contribution < -0.4 is 5.32 Å². The number of aromatic amines is 1. The van der Waals surface area contributed by atoms with E-state index in [2.05, 4.69) is 37.3 Å². The number of sulfone groups is 1. The molecular formula is C24H16FN5O2S. The van der Waals surface area contributed by atoms with Crippen LogP contribution in [0.15, 0.2) is 71.9 Å². The van der Waals surface area contributed by atoms with Crippen LogP contribution >= 0.6 is 0 Å². The zero-order valence-corrected chi connectivity index (χ0v) is 18.1. The fraction of sp³-hybridized carbons (Fsp3) is 0.0417. The highest BCUT2D eigenvalue weighted by atomic mass is 32.2. The number of hydrogen-bond acceptors (Lipinski definition) is 6.